The van der Waals surface area contributed by atoms with Gasteiger partial charge in [-0.1, -0.05) is 0 Å². The molecule has 1 aromatic rings. The van der Waals surface area contributed by atoms with Crippen molar-refractivity contribution < 1.29 is 0 Å². The molecule has 70 valence electrons. The van der Waals surface area contributed by atoms with Gasteiger partial charge in [-0.15, -0.1) is 0 Å². The number of pyridine rings is 1. The first kappa shape index (κ1) is 9.82. The molecule has 0 bridgehead atoms. The van der Waals surface area contributed by atoms with Crippen molar-refractivity contribution in [3.63, 3.8) is 0 Å². The van der Waals surface area contributed by atoms with E-state index in [1.165, 1.54) is 6.20 Å². The first-order chi connectivity index (χ1) is 6.77. The second kappa shape index (κ2) is 4.68. The Morgan fingerprint density at radius 1 is 1.29 bits per heavy atom. The molecule has 5 nitrogen and oxygen atoms in total. The highest BCUT2D eigenvalue weighted by Gasteiger charge is 2.05. The van der Waals surface area contributed by atoms with Gasteiger partial charge < -0.3 is 10.6 Å². The molecule has 0 aliphatic carbocycles. The lowest BCUT2D eigenvalue weighted by Crippen LogP contribution is -2.24. The molecule has 1 heterocycles. The third-order valence-electron chi connectivity index (χ3n) is 1.62. The van der Waals surface area contributed by atoms with Crippen LogP contribution in [0.2, 0.25) is 0 Å². The Kier molecular flexibility index (Phi) is 3.28. The number of hydrogen-bond acceptors (Lipinski definition) is 5. The fourth-order valence-corrected chi connectivity index (χ4v) is 0.973. The molecule has 0 amide bonds. The molecule has 0 fully saturated rings. The molecule has 0 spiro atoms. The van der Waals surface area contributed by atoms with Crippen molar-refractivity contribution in [3.05, 3.63) is 18.3 Å². The van der Waals surface area contributed by atoms with Crippen LogP contribution in [-0.4, -0.2) is 18.1 Å². The molecule has 5 heteroatoms. The minimum atomic E-state index is 0.143. The zero-order valence-electron chi connectivity index (χ0n) is 7.51. The maximum absolute atomic E-state index is 8.53. The molecule has 0 aliphatic rings. The fourth-order valence-electron chi connectivity index (χ4n) is 0.973. The van der Waals surface area contributed by atoms with Crippen LogP contribution in [0.1, 0.15) is 0 Å². The maximum atomic E-state index is 8.53. The molecule has 0 aromatic carbocycles. The third-order valence-corrected chi connectivity index (χ3v) is 1.62. The summed E-state index contributed by atoms with van der Waals surface area (Å²) < 4.78 is 0. The van der Waals surface area contributed by atoms with Crippen LogP contribution in [0.15, 0.2) is 18.3 Å². The predicted octanol–water partition coefficient (Wildman–Crippen LogP) is 0.517. The summed E-state index contributed by atoms with van der Waals surface area (Å²) in [4.78, 5) is 5.58. The lowest BCUT2D eigenvalue weighted by Gasteiger charge is -2.16. The van der Waals surface area contributed by atoms with Crippen LogP contribution in [0, 0.1) is 22.7 Å². The third kappa shape index (κ3) is 2.36. The second-order valence-corrected chi connectivity index (χ2v) is 2.62. The van der Waals surface area contributed by atoms with Crippen LogP contribution in [0.4, 0.5) is 11.5 Å². The van der Waals surface area contributed by atoms with Crippen LogP contribution in [0.3, 0.4) is 0 Å². The first-order valence-electron chi connectivity index (χ1n) is 3.98. The lowest BCUT2D eigenvalue weighted by molar-refractivity contribution is 0.936. The van der Waals surface area contributed by atoms with E-state index >= 15 is 0 Å². The van der Waals surface area contributed by atoms with Gasteiger partial charge in [0, 0.05) is 0 Å². The Morgan fingerprint density at radius 3 is 2.36 bits per heavy atom. The number of nitriles is 2. The predicted molar refractivity (Wildman–Crippen MR) is 52.1 cm³/mol. The molecule has 0 unspecified atom stereocenters. The van der Waals surface area contributed by atoms with E-state index in [1.807, 2.05) is 12.1 Å². The smallest absolute Gasteiger partial charge is 0.130 e. The standard InChI is InChI=1S/C9H9N5/c10-3-5-14(6-4-11)9-2-1-8(12)7-13-9/h1-2,7H,5-6,12H2. The number of anilines is 2. The van der Waals surface area contributed by atoms with Crippen LogP contribution in [-0.2, 0) is 0 Å². The van der Waals surface area contributed by atoms with Gasteiger partial charge in [-0.25, -0.2) is 4.98 Å². The topological polar surface area (TPSA) is 89.7 Å². The minimum Gasteiger partial charge on any atom is -0.397 e. The van der Waals surface area contributed by atoms with Gasteiger partial charge in [-0.3, -0.25) is 0 Å². The normalized spacial score (nSPS) is 8.71. The molecule has 2 N–H and O–H groups in total. The maximum Gasteiger partial charge on any atom is 0.130 e. The van der Waals surface area contributed by atoms with Gasteiger partial charge >= 0.3 is 0 Å². The molecule has 0 saturated carbocycles. The Morgan fingerprint density at radius 2 is 1.93 bits per heavy atom. The van der Waals surface area contributed by atoms with Gasteiger partial charge in [0.15, 0.2) is 0 Å². The fraction of sp³-hybridized carbons (Fsp3) is 0.222. The average Bonchev–Trinajstić information content (AvgIpc) is 2.19. The molecule has 0 atom stereocenters. The Balaban J connectivity index is 2.84. The van der Waals surface area contributed by atoms with E-state index in [0.29, 0.717) is 11.5 Å². The largest absolute Gasteiger partial charge is 0.397 e. The monoisotopic (exact) mass is 187 g/mol. The summed E-state index contributed by atoms with van der Waals surface area (Å²) in [5.41, 5.74) is 6.02. The second-order valence-electron chi connectivity index (χ2n) is 2.62. The summed E-state index contributed by atoms with van der Waals surface area (Å²) in [6, 6.07) is 7.31. The van der Waals surface area contributed by atoms with E-state index < -0.39 is 0 Å². The molecule has 14 heavy (non-hydrogen) atoms. The molecule has 1 rings (SSSR count). The van der Waals surface area contributed by atoms with Gasteiger partial charge in [0.05, 0.1) is 24.0 Å². The van der Waals surface area contributed by atoms with E-state index in [-0.39, 0.29) is 13.1 Å². The van der Waals surface area contributed by atoms with Crippen molar-refractivity contribution in [2.45, 2.75) is 0 Å². The Labute approximate surface area is 82.0 Å². The van der Waals surface area contributed by atoms with Gasteiger partial charge in [0.25, 0.3) is 0 Å². The minimum absolute atomic E-state index is 0.143. The molecular weight excluding hydrogens is 178 g/mol. The zero-order chi connectivity index (χ0) is 10.4. The highest BCUT2D eigenvalue weighted by atomic mass is 15.2. The Hall–Kier alpha value is -2.27. The van der Waals surface area contributed by atoms with E-state index in [0.717, 1.165) is 0 Å². The van der Waals surface area contributed by atoms with Crippen LogP contribution in [0.25, 0.3) is 0 Å². The van der Waals surface area contributed by atoms with Gasteiger partial charge in [-0.2, -0.15) is 10.5 Å². The summed E-state index contributed by atoms with van der Waals surface area (Å²) in [6.07, 6.45) is 1.50. The summed E-state index contributed by atoms with van der Waals surface area (Å²) in [5, 5.41) is 17.1. The van der Waals surface area contributed by atoms with Gasteiger partial charge in [0.1, 0.15) is 18.9 Å². The van der Waals surface area contributed by atoms with Crippen molar-refractivity contribution in [2.75, 3.05) is 23.7 Å². The molecular formula is C9H9N5. The summed E-state index contributed by atoms with van der Waals surface area (Å²) in [7, 11) is 0. The van der Waals surface area contributed by atoms with Gasteiger partial charge in [0.2, 0.25) is 0 Å². The van der Waals surface area contributed by atoms with E-state index in [4.69, 9.17) is 16.3 Å². The average molecular weight is 187 g/mol. The van der Waals surface area contributed by atoms with Crippen LogP contribution < -0.4 is 10.6 Å². The van der Waals surface area contributed by atoms with Crippen LogP contribution in [0.5, 0.6) is 0 Å². The number of rotatable bonds is 3. The molecule has 0 aliphatic heterocycles. The Bertz CT molecular complexity index is 354. The highest BCUT2D eigenvalue weighted by molar-refractivity contribution is 5.46. The highest BCUT2D eigenvalue weighted by Crippen LogP contribution is 2.10. The van der Waals surface area contributed by atoms with Crippen molar-refractivity contribution in [1.82, 2.24) is 4.98 Å². The van der Waals surface area contributed by atoms with Crippen molar-refractivity contribution in [2.24, 2.45) is 0 Å². The lowest BCUT2D eigenvalue weighted by atomic mass is 10.4. The number of nitrogens with two attached hydrogens (primary N) is 1. The molecule has 1 aromatic heterocycles. The number of nitrogens with zero attached hydrogens (tertiary/aromatic N) is 4. The van der Waals surface area contributed by atoms with E-state index in [1.54, 1.807) is 17.0 Å². The first-order valence-corrected chi connectivity index (χ1v) is 3.98. The number of aromatic nitrogens is 1. The molecule has 0 radical (unpaired) electrons. The summed E-state index contributed by atoms with van der Waals surface area (Å²) in [5.74, 6) is 0.585. The quantitative estimate of drug-likeness (QED) is 0.696. The number of nitrogen functional groups attached to an aromatic ring is 1. The number of hydrogen-bond donors (Lipinski definition) is 1. The summed E-state index contributed by atoms with van der Waals surface area (Å²) in [6.45, 7) is 0.287. The van der Waals surface area contributed by atoms with Gasteiger partial charge in [-0.05, 0) is 12.1 Å². The van der Waals surface area contributed by atoms with Crippen molar-refractivity contribution in [1.29, 1.82) is 10.5 Å². The SMILES string of the molecule is N#CCN(CC#N)c1ccc(N)cn1. The van der Waals surface area contributed by atoms with Crippen LogP contribution >= 0.6 is 0 Å². The van der Waals surface area contributed by atoms with Crippen molar-refractivity contribution >= 4 is 11.5 Å². The summed E-state index contributed by atoms with van der Waals surface area (Å²) >= 11 is 0. The zero-order valence-corrected chi connectivity index (χ0v) is 7.51. The van der Waals surface area contributed by atoms with Crippen molar-refractivity contribution in [3.8, 4) is 12.1 Å². The van der Waals surface area contributed by atoms with E-state index in [2.05, 4.69) is 4.98 Å². The molecule has 0 saturated heterocycles. The van der Waals surface area contributed by atoms with E-state index in [9.17, 15) is 0 Å².